The highest BCUT2D eigenvalue weighted by Crippen LogP contribution is 2.32. The number of thiazole rings is 1. The fourth-order valence-corrected chi connectivity index (χ4v) is 4.09. The Bertz CT molecular complexity index is 822. The van der Waals surface area contributed by atoms with Crippen molar-refractivity contribution >= 4 is 23.3 Å². The maximum absolute atomic E-state index is 13.1. The second kappa shape index (κ2) is 7.41. The standard InChI is InChI=1S/C18H20FN3O3S/c1-10-15(26-16(20-10)12-3-5-14(19)6-4-12)11(2)21-18(25)22-8-7-13(9-22)17(23)24/h3-6,11,13H,7-9H2,1-2H3,(H,21,25)(H,23,24). The van der Waals surface area contributed by atoms with E-state index in [1.165, 1.54) is 28.4 Å². The smallest absolute Gasteiger partial charge is 0.317 e. The number of aliphatic carboxylic acids is 1. The van der Waals surface area contributed by atoms with Crippen LogP contribution in [0, 0.1) is 18.7 Å². The van der Waals surface area contributed by atoms with Crippen molar-refractivity contribution < 1.29 is 19.1 Å². The van der Waals surface area contributed by atoms with Crippen LogP contribution in [0.25, 0.3) is 10.6 Å². The number of hydrogen-bond acceptors (Lipinski definition) is 4. The minimum absolute atomic E-state index is 0.233. The van der Waals surface area contributed by atoms with Crippen molar-refractivity contribution in [3.63, 3.8) is 0 Å². The van der Waals surface area contributed by atoms with Gasteiger partial charge in [0.1, 0.15) is 10.8 Å². The molecule has 1 aliphatic rings. The second-order valence-electron chi connectivity index (χ2n) is 6.42. The van der Waals surface area contributed by atoms with Gasteiger partial charge in [0.2, 0.25) is 0 Å². The zero-order valence-corrected chi connectivity index (χ0v) is 15.3. The third-order valence-corrected chi connectivity index (χ3v) is 5.87. The molecule has 1 aromatic carbocycles. The normalized spacial score (nSPS) is 18.0. The van der Waals surface area contributed by atoms with Gasteiger partial charge in [-0.1, -0.05) is 0 Å². The average molecular weight is 377 g/mol. The number of carboxylic acid groups (broad SMARTS) is 1. The van der Waals surface area contributed by atoms with Gasteiger partial charge in [-0.2, -0.15) is 0 Å². The number of amides is 2. The molecule has 0 spiro atoms. The van der Waals surface area contributed by atoms with Crippen LogP contribution in [0.5, 0.6) is 0 Å². The molecule has 3 rings (SSSR count). The van der Waals surface area contributed by atoms with E-state index >= 15 is 0 Å². The van der Waals surface area contributed by atoms with E-state index in [9.17, 15) is 14.0 Å². The van der Waals surface area contributed by atoms with E-state index in [4.69, 9.17) is 5.11 Å². The number of likely N-dealkylation sites (tertiary alicyclic amines) is 1. The minimum atomic E-state index is -0.865. The molecule has 0 bridgehead atoms. The maximum Gasteiger partial charge on any atom is 0.317 e. The molecule has 0 saturated carbocycles. The molecular weight excluding hydrogens is 357 g/mol. The van der Waals surface area contributed by atoms with Crippen LogP contribution in [0.2, 0.25) is 0 Å². The van der Waals surface area contributed by atoms with Crippen LogP contribution >= 0.6 is 11.3 Å². The van der Waals surface area contributed by atoms with Crippen molar-refractivity contribution in [3.8, 4) is 10.6 Å². The monoisotopic (exact) mass is 377 g/mol. The van der Waals surface area contributed by atoms with Gasteiger partial charge in [-0.15, -0.1) is 11.3 Å². The first-order chi connectivity index (χ1) is 12.3. The summed E-state index contributed by atoms with van der Waals surface area (Å²) in [6.45, 7) is 4.42. The molecule has 2 aromatic rings. The van der Waals surface area contributed by atoms with E-state index in [0.29, 0.717) is 13.0 Å². The third kappa shape index (κ3) is 3.85. The number of hydrogen-bond donors (Lipinski definition) is 2. The van der Waals surface area contributed by atoms with Gasteiger partial charge < -0.3 is 15.3 Å². The number of carboxylic acids is 1. The number of benzene rings is 1. The number of aromatic nitrogens is 1. The van der Waals surface area contributed by atoms with Crippen LogP contribution in [-0.2, 0) is 4.79 Å². The Morgan fingerprint density at radius 1 is 1.38 bits per heavy atom. The Morgan fingerprint density at radius 2 is 2.08 bits per heavy atom. The summed E-state index contributed by atoms with van der Waals surface area (Å²) in [6.07, 6.45) is 0.478. The molecule has 1 aromatic heterocycles. The van der Waals surface area contributed by atoms with Crippen LogP contribution in [0.1, 0.15) is 30.0 Å². The molecular formula is C18H20FN3O3S. The van der Waals surface area contributed by atoms with Gasteiger partial charge in [-0.25, -0.2) is 14.2 Å². The topological polar surface area (TPSA) is 82.5 Å². The molecule has 0 aliphatic carbocycles. The van der Waals surface area contributed by atoms with Crippen molar-refractivity contribution in [2.24, 2.45) is 5.92 Å². The number of aryl methyl sites for hydroxylation is 1. The molecule has 6 nitrogen and oxygen atoms in total. The molecule has 138 valence electrons. The molecule has 0 radical (unpaired) electrons. The molecule has 2 amide bonds. The van der Waals surface area contributed by atoms with E-state index in [1.54, 1.807) is 12.1 Å². The Hall–Kier alpha value is -2.48. The van der Waals surface area contributed by atoms with Crippen LogP contribution in [0.3, 0.4) is 0 Å². The first kappa shape index (κ1) is 18.3. The van der Waals surface area contributed by atoms with Crippen molar-refractivity contribution in [2.45, 2.75) is 26.3 Å². The second-order valence-corrected chi connectivity index (χ2v) is 7.45. The predicted octanol–water partition coefficient (Wildman–Crippen LogP) is 3.43. The Labute approximate surface area is 154 Å². The van der Waals surface area contributed by atoms with Crippen LogP contribution in [-0.4, -0.2) is 40.1 Å². The average Bonchev–Trinajstić information content (AvgIpc) is 3.22. The molecule has 2 N–H and O–H groups in total. The largest absolute Gasteiger partial charge is 0.481 e. The highest BCUT2D eigenvalue weighted by molar-refractivity contribution is 7.15. The first-order valence-corrected chi connectivity index (χ1v) is 9.18. The van der Waals surface area contributed by atoms with Gasteiger partial charge in [-0.05, 0) is 44.5 Å². The molecule has 2 unspecified atom stereocenters. The van der Waals surface area contributed by atoms with Crippen LogP contribution in [0.4, 0.5) is 9.18 Å². The molecule has 2 atom stereocenters. The van der Waals surface area contributed by atoms with Crippen LogP contribution < -0.4 is 5.32 Å². The van der Waals surface area contributed by atoms with E-state index < -0.39 is 11.9 Å². The summed E-state index contributed by atoms with van der Waals surface area (Å²) >= 11 is 1.46. The molecule has 1 aliphatic heterocycles. The Kier molecular flexibility index (Phi) is 5.22. The predicted molar refractivity (Wildman–Crippen MR) is 96.5 cm³/mol. The lowest BCUT2D eigenvalue weighted by atomic mass is 10.1. The summed E-state index contributed by atoms with van der Waals surface area (Å²) in [6, 6.07) is 5.62. The fraction of sp³-hybridized carbons (Fsp3) is 0.389. The molecule has 8 heteroatoms. The van der Waals surface area contributed by atoms with E-state index in [-0.39, 0.29) is 24.4 Å². The van der Waals surface area contributed by atoms with E-state index in [2.05, 4.69) is 10.3 Å². The summed E-state index contributed by atoms with van der Waals surface area (Å²) in [4.78, 5) is 30.4. The SMILES string of the molecule is Cc1nc(-c2ccc(F)cc2)sc1C(C)NC(=O)N1CCC(C(=O)O)C1. The van der Waals surface area contributed by atoms with Gasteiger partial charge in [0.25, 0.3) is 0 Å². The number of carbonyl (C=O) groups is 2. The number of nitrogens with zero attached hydrogens (tertiary/aromatic N) is 2. The Balaban J connectivity index is 1.68. The first-order valence-electron chi connectivity index (χ1n) is 8.36. The summed E-state index contributed by atoms with van der Waals surface area (Å²) in [5, 5.41) is 12.7. The summed E-state index contributed by atoms with van der Waals surface area (Å²) in [5.74, 6) is -1.66. The number of rotatable bonds is 4. The lowest BCUT2D eigenvalue weighted by Gasteiger charge is -2.20. The zero-order chi connectivity index (χ0) is 18.8. The van der Waals surface area contributed by atoms with Crippen LogP contribution in [0.15, 0.2) is 24.3 Å². The molecule has 26 heavy (non-hydrogen) atoms. The van der Waals surface area contributed by atoms with Gasteiger partial charge in [0.15, 0.2) is 0 Å². The highest BCUT2D eigenvalue weighted by atomic mass is 32.1. The molecule has 1 fully saturated rings. The number of halogens is 1. The van der Waals surface area contributed by atoms with Gasteiger partial charge in [0.05, 0.1) is 22.5 Å². The lowest BCUT2D eigenvalue weighted by molar-refractivity contribution is -0.141. The number of nitrogens with one attached hydrogen (secondary N) is 1. The highest BCUT2D eigenvalue weighted by Gasteiger charge is 2.31. The van der Waals surface area contributed by atoms with Gasteiger partial charge in [0, 0.05) is 18.7 Å². The number of urea groups is 1. The van der Waals surface area contributed by atoms with Gasteiger partial charge in [-0.3, -0.25) is 4.79 Å². The van der Waals surface area contributed by atoms with Crippen molar-refractivity contribution in [3.05, 3.63) is 40.7 Å². The molecule has 2 heterocycles. The third-order valence-electron chi connectivity index (χ3n) is 4.48. The van der Waals surface area contributed by atoms with E-state index in [0.717, 1.165) is 21.1 Å². The quantitative estimate of drug-likeness (QED) is 0.855. The molecule has 1 saturated heterocycles. The van der Waals surface area contributed by atoms with Gasteiger partial charge >= 0.3 is 12.0 Å². The number of carbonyl (C=O) groups excluding carboxylic acids is 1. The van der Waals surface area contributed by atoms with Crippen molar-refractivity contribution in [2.75, 3.05) is 13.1 Å². The summed E-state index contributed by atoms with van der Waals surface area (Å²) in [5.41, 5.74) is 1.64. The maximum atomic E-state index is 13.1. The summed E-state index contributed by atoms with van der Waals surface area (Å²) in [7, 11) is 0. The fourth-order valence-electron chi connectivity index (χ4n) is 3.01. The van der Waals surface area contributed by atoms with E-state index in [1.807, 2.05) is 13.8 Å². The lowest BCUT2D eigenvalue weighted by Crippen LogP contribution is -2.40. The minimum Gasteiger partial charge on any atom is -0.481 e. The Morgan fingerprint density at radius 3 is 2.69 bits per heavy atom. The summed E-state index contributed by atoms with van der Waals surface area (Å²) < 4.78 is 13.1. The van der Waals surface area contributed by atoms with Crippen molar-refractivity contribution in [1.29, 1.82) is 0 Å². The zero-order valence-electron chi connectivity index (χ0n) is 14.5. The van der Waals surface area contributed by atoms with Crippen molar-refractivity contribution in [1.82, 2.24) is 15.2 Å².